The number of hydrogen-bond donors (Lipinski definition) is 1. The van der Waals surface area contributed by atoms with Crippen molar-refractivity contribution in [3.05, 3.63) is 35.9 Å². The standard InChI is InChI=1S/C17H28NO3P/c1-3-20-22(19,21-4-2)18-17(15-11-7-5-8-12-15)16-13-9-6-10-14-16/h5,7-8,11-12,16-17H,3-4,6,9-10,13-14H2,1-2H3,(H,18,19). The maximum absolute atomic E-state index is 12.9. The van der Waals surface area contributed by atoms with E-state index in [1.807, 2.05) is 32.0 Å². The van der Waals surface area contributed by atoms with E-state index in [4.69, 9.17) is 9.05 Å². The van der Waals surface area contributed by atoms with Gasteiger partial charge in [-0.3, -0.25) is 9.05 Å². The molecule has 0 heterocycles. The molecule has 0 spiro atoms. The molecule has 1 N–H and O–H groups in total. The Bertz CT molecular complexity index is 464. The largest absolute Gasteiger partial charge is 0.406 e. The Kier molecular flexibility index (Phi) is 7.10. The van der Waals surface area contributed by atoms with Crippen LogP contribution in [0.4, 0.5) is 0 Å². The molecule has 1 aliphatic rings. The van der Waals surface area contributed by atoms with E-state index in [0.717, 1.165) is 18.4 Å². The summed E-state index contributed by atoms with van der Waals surface area (Å²) in [5.74, 6) is 0.477. The van der Waals surface area contributed by atoms with E-state index in [1.54, 1.807) is 0 Å². The summed E-state index contributed by atoms with van der Waals surface area (Å²) in [7, 11) is -3.26. The Hall–Kier alpha value is -0.670. The van der Waals surface area contributed by atoms with Crippen LogP contribution in [0, 0.1) is 5.92 Å². The zero-order valence-corrected chi connectivity index (χ0v) is 14.6. The molecule has 0 aliphatic heterocycles. The van der Waals surface area contributed by atoms with E-state index in [9.17, 15) is 4.57 Å². The number of nitrogens with one attached hydrogen (secondary N) is 1. The Morgan fingerprint density at radius 1 is 1.09 bits per heavy atom. The SMILES string of the molecule is CCOP(=O)(NC(c1ccccc1)C1CCCCC1)OCC. The maximum Gasteiger partial charge on any atom is 0.406 e. The van der Waals surface area contributed by atoms with Gasteiger partial charge in [0.1, 0.15) is 0 Å². The first-order chi connectivity index (χ1) is 10.7. The van der Waals surface area contributed by atoms with Gasteiger partial charge in [-0.15, -0.1) is 0 Å². The molecule has 1 unspecified atom stereocenters. The van der Waals surface area contributed by atoms with E-state index in [1.165, 1.54) is 19.3 Å². The summed E-state index contributed by atoms with van der Waals surface area (Å²) in [5.41, 5.74) is 1.16. The molecular weight excluding hydrogens is 297 g/mol. The zero-order chi connectivity index (χ0) is 15.8. The van der Waals surface area contributed by atoms with Crippen LogP contribution in [0.15, 0.2) is 30.3 Å². The summed E-state index contributed by atoms with van der Waals surface area (Å²) in [6.45, 7) is 4.42. The fourth-order valence-electron chi connectivity index (χ4n) is 3.20. The molecule has 1 saturated carbocycles. The van der Waals surface area contributed by atoms with E-state index in [0.29, 0.717) is 19.1 Å². The van der Waals surface area contributed by atoms with Crippen molar-refractivity contribution in [3.63, 3.8) is 0 Å². The molecule has 1 aromatic rings. The van der Waals surface area contributed by atoms with E-state index in [2.05, 4.69) is 17.2 Å². The molecule has 124 valence electrons. The summed E-state index contributed by atoms with van der Waals surface area (Å²) in [5, 5.41) is 3.23. The van der Waals surface area contributed by atoms with Gasteiger partial charge in [0.05, 0.1) is 13.2 Å². The second-order valence-electron chi connectivity index (χ2n) is 5.75. The lowest BCUT2D eigenvalue weighted by Crippen LogP contribution is -2.29. The molecule has 1 aromatic carbocycles. The molecule has 1 aliphatic carbocycles. The molecule has 1 atom stereocenters. The molecule has 2 rings (SSSR count). The first kappa shape index (κ1) is 17.7. The summed E-state index contributed by atoms with van der Waals surface area (Å²) in [6.07, 6.45) is 6.09. The monoisotopic (exact) mass is 325 g/mol. The third-order valence-corrected chi connectivity index (χ3v) is 5.97. The summed E-state index contributed by atoms with van der Waals surface area (Å²) in [4.78, 5) is 0. The van der Waals surface area contributed by atoms with Crippen molar-refractivity contribution in [1.29, 1.82) is 0 Å². The van der Waals surface area contributed by atoms with Crippen LogP contribution < -0.4 is 5.09 Å². The first-order valence-electron chi connectivity index (χ1n) is 8.40. The first-order valence-corrected chi connectivity index (χ1v) is 9.94. The molecule has 1 fully saturated rings. The van der Waals surface area contributed by atoms with Gasteiger partial charge in [-0.1, -0.05) is 49.6 Å². The molecular formula is C17H28NO3P. The molecule has 0 aromatic heterocycles. The minimum atomic E-state index is -3.26. The van der Waals surface area contributed by atoms with Gasteiger partial charge < -0.3 is 0 Å². The van der Waals surface area contributed by atoms with Crippen LogP contribution >= 0.6 is 7.75 Å². The Labute approximate surface area is 134 Å². The summed E-state index contributed by atoms with van der Waals surface area (Å²) < 4.78 is 23.8. The van der Waals surface area contributed by atoms with Gasteiger partial charge in [0.15, 0.2) is 0 Å². The molecule has 0 radical (unpaired) electrons. The minimum Gasteiger partial charge on any atom is -0.297 e. The van der Waals surface area contributed by atoms with Crippen LogP contribution in [0.3, 0.4) is 0 Å². The van der Waals surface area contributed by atoms with Gasteiger partial charge in [-0.25, -0.2) is 9.65 Å². The van der Waals surface area contributed by atoms with Crippen molar-refractivity contribution in [1.82, 2.24) is 5.09 Å². The van der Waals surface area contributed by atoms with Crippen LogP contribution in [0.1, 0.15) is 57.6 Å². The van der Waals surface area contributed by atoms with Crippen molar-refractivity contribution in [2.24, 2.45) is 5.92 Å². The fourth-order valence-corrected chi connectivity index (χ4v) is 4.81. The predicted octanol–water partition coefficient (Wildman–Crippen LogP) is 5.08. The molecule has 0 amide bonds. The van der Waals surface area contributed by atoms with Crippen LogP contribution in [0.25, 0.3) is 0 Å². The Morgan fingerprint density at radius 2 is 1.68 bits per heavy atom. The van der Waals surface area contributed by atoms with Crippen molar-refractivity contribution >= 4 is 7.75 Å². The van der Waals surface area contributed by atoms with Crippen LogP contribution in [0.5, 0.6) is 0 Å². The van der Waals surface area contributed by atoms with Gasteiger partial charge in [0.2, 0.25) is 0 Å². The van der Waals surface area contributed by atoms with Crippen molar-refractivity contribution in [2.75, 3.05) is 13.2 Å². The minimum absolute atomic E-state index is 0.0189. The number of hydrogen-bond acceptors (Lipinski definition) is 3. The molecule has 0 bridgehead atoms. The zero-order valence-electron chi connectivity index (χ0n) is 13.7. The van der Waals surface area contributed by atoms with Crippen molar-refractivity contribution in [2.45, 2.75) is 52.0 Å². The lowest BCUT2D eigenvalue weighted by Gasteiger charge is -2.33. The van der Waals surface area contributed by atoms with Crippen LogP contribution in [0.2, 0.25) is 0 Å². The third-order valence-electron chi connectivity index (χ3n) is 4.18. The normalized spacial score (nSPS) is 18.3. The van der Waals surface area contributed by atoms with Gasteiger partial charge in [0, 0.05) is 6.04 Å². The highest BCUT2D eigenvalue weighted by Crippen LogP contribution is 2.48. The topological polar surface area (TPSA) is 47.6 Å². The average Bonchev–Trinajstić information content (AvgIpc) is 2.55. The summed E-state index contributed by atoms with van der Waals surface area (Å²) in [6, 6.07) is 10.3. The lowest BCUT2D eigenvalue weighted by atomic mass is 9.81. The number of benzene rings is 1. The molecule has 4 nitrogen and oxygen atoms in total. The van der Waals surface area contributed by atoms with Crippen LogP contribution in [-0.4, -0.2) is 13.2 Å². The smallest absolute Gasteiger partial charge is 0.297 e. The Balaban J connectivity index is 2.21. The fraction of sp³-hybridized carbons (Fsp3) is 0.647. The second kappa shape index (κ2) is 8.83. The Morgan fingerprint density at radius 3 is 2.23 bits per heavy atom. The highest BCUT2D eigenvalue weighted by atomic mass is 31.2. The number of rotatable bonds is 8. The van der Waals surface area contributed by atoms with Crippen molar-refractivity contribution in [3.8, 4) is 0 Å². The molecule has 5 heteroatoms. The molecule has 22 heavy (non-hydrogen) atoms. The summed E-state index contributed by atoms with van der Waals surface area (Å²) >= 11 is 0. The third kappa shape index (κ3) is 4.92. The maximum atomic E-state index is 12.9. The van der Waals surface area contributed by atoms with Gasteiger partial charge in [0.25, 0.3) is 0 Å². The van der Waals surface area contributed by atoms with E-state index < -0.39 is 7.75 Å². The lowest BCUT2D eigenvalue weighted by molar-refractivity contribution is 0.194. The van der Waals surface area contributed by atoms with Crippen molar-refractivity contribution < 1.29 is 13.6 Å². The van der Waals surface area contributed by atoms with E-state index in [-0.39, 0.29) is 6.04 Å². The van der Waals surface area contributed by atoms with E-state index >= 15 is 0 Å². The highest BCUT2D eigenvalue weighted by Gasteiger charge is 2.33. The predicted molar refractivity (Wildman–Crippen MR) is 89.8 cm³/mol. The van der Waals surface area contributed by atoms with Gasteiger partial charge in [-0.2, -0.15) is 0 Å². The quantitative estimate of drug-likeness (QED) is 0.677. The van der Waals surface area contributed by atoms with Gasteiger partial charge in [-0.05, 0) is 38.2 Å². The van der Waals surface area contributed by atoms with Crippen LogP contribution in [-0.2, 0) is 13.6 Å². The average molecular weight is 325 g/mol. The second-order valence-corrected chi connectivity index (χ2v) is 7.52. The molecule has 0 saturated heterocycles. The highest BCUT2D eigenvalue weighted by molar-refractivity contribution is 7.51. The van der Waals surface area contributed by atoms with Gasteiger partial charge >= 0.3 is 7.75 Å².